The molecule has 0 unspecified atom stereocenters. The summed E-state index contributed by atoms with van der Waals surface area (Å²) in [6.07, 6.45) is 9.28. The molecular formula is C15H22ClN3. The molecule has 0 atom stereocenters. The normalized spacial score (nSPS) is 18.9. The summed E-state index contributed by atoms with van der Waals surface area (Å²) in [4.78, 5) is 8.48. The molecule has 19 heavy (non-hydrogen) atoms. The van der Waals surface area contributed by atoms with Gasteiger partial charge in [0.05, 0.1) is 0 Å². The fourth-order valence-electron chi connectivity index (χ4n) is 3.00. The lowest BCUT2D eigenvalue weighted by Gasteiger charge is -2.18. The number of rotatable bonds is 7. The van der Waals surface area contributed by atoms with Gasteiger partial charge < -0.3 is 5.32 Å². The average Bonchev–Trinajstić information content (AvgIpc) is 3.27. The van der Waals surface area contributed by atoms with E-state index in [-0.39, 0.29) is 0 Å². The quantitative estimate of drug-likeness (QED) is 0.769. The maximum atomic E-state index is 6.18. The van der Waals surface area contributed by atoms with Crippen molar-refractivity contribution in [1.29, 1.82) is 0 Å². The molecule has 0 aliphatic heterocycles. The number of hydrogen-bond donors (Lipinski definition) is 1. The van der Waals surface area contributed by atoms with E-state index in [0.29, 0.717) is 5.15 Å². The first-order valence-corrected chi connectivity index (χ1v) is 7.90. The van der Waals surface area contributed by atoms with Gasteiger partial charge in [0.15, 0.2) is 0 Å². The molecule has 1 aromatic heterocycles. The third-order valence-corrected chi connectivity index (χ3v) is 4.68. The zero-order chi connectivity index (χ0) is 13.2. The molecule has 3 nitrogen and oxygen atoms in total. The van der Waals surface area contributed by atoms with Crippen molar-refractivity contribution in [2.24, 2.45) is 17.8 Å². The predicted molar refractivity (Wildman–Crippen MR) is 78.5 cm³/mol. The van der Waals surface area contributed by atoms with Gasteiger partial charge in [-0.05, 0) is 49.9 Å². The highest BCUT2D eigenvalue weighted by Gasteiger charge is 2.41. The fraction of sp³-hybridized carbons (Fsp3) is 0.733. The van der Waals surface area contributed by atoms with Gasteiger partial charge in [-0.25, -0.2) is 9.97 Å². The molecule has 2 fully saturated rings. The number of aromatic nitrogens is 2. The van der Waals surface area contributed by atoms with E-state index in [1.807, 2.05) is 0 Å². The van der Waals surface area contributed by atoms with Crippen LogP contribution in [-0.4, -0.2) is 16.5 Å². The molecule has 2 aliphatic carbocycles. The number of anilines is 1. The second-order valence-electron chi connectivity index (χ2n) is 5.96. The van der Waals surface area contributed by atoms with Crippen molar-refractivity contribution in [1.82, 2.24) is 9.97 Å². The van der Waals surface area contributed by atoms with Gasteiger partial charge in [-0.1, -0.05) is 24.9 Å². The molecular weight excluding hydrogens is 258 g/mol. The van der Waals surface area contributed by atoms with Gasteiger partial charge in [0.25, 0.3) is 0 Å². The summed E-state index contributed by atoms with van der Waals surface area (Å²) in [6.45, 7) is 3.21. The molecule has 1 aromatic rings. The van der Waals surface area contributed by atoms with E-state index in [9.17, 15) is 0 Å². The Labute approximate surface area is 120 Å². The second-order valence-corrected chi connectivity index (χ2v) is 6.32. The summed E-state index contributed by atoms with van der Waals surface area (Å²) in [6, 6.07) is 0. The summed E-state index contributed by atoms with van der Waals surface area (Å²) >= 11 is 6.18. The molecule has 2 saturated carbocycles. The highest BCUT2D eigenvalue weighted by Crippen LogP contribution is 2.49. The fourth-order valence-corrected chi connectivity index (χ4v) is 3.22. The molecule has 1 heterocycles. The van der Waals surface area contributed by atoms with Crippen LogP contribution in [-0.2, 0) is 6.42 Å². The van der Waals surface area contributed by atoms with Gasteiger partial charge in [0, 0.05) is 12.1 Å². The predicted octanol–water partition coefficient (Wildman–Crippen LogP) is 3.93. The minimum Gasteiger partial charge on any atom is -0.369 e. The van der Waals surface area contributed by atoms with Gasteiger partial charge in [-0.15, -0.1) is 0 Å². The van der Waals surface area contributed by atoms with E-state index in [0.717, 1.165) is 48.5 Å². The first-order valence-electron chi connectivity index (χ1n) is 7.52. The summed E-state index contributed by atoms with van der Waals surface area (Å²) in [7, 11) is 0. The lowest BCUT2D eigenvalue weighted by atomic mass is 9.98. The SMILES string of the molecule is CCCc1c(Cl)ncnc1NCC(C1CC1)C1CC1. The monoisotopic (exact) mass is 279 g/mol. The second kappa shape index (κ2) is 5.66. The van der Waals surface area contributed by atoms with Crippen LogP contribution in [0.3, 0.4) is 0 Å². The van der Waals surface area contributed by atoms with Crippen LogP contribution in [0.1, 0.15) is 44.6 Å². The summed E-state index contributed by atoms with van der Waals surface area (Å²) in [5.74, 6) is 3.73. The Hall–Kier alpha value is -0.830. The number of nitrogens with one attached hydrogen (secondary N) is 1. The van der Waals surface area contributed by atoms with E-state index < -0.39 is 0 Å². The minimum atomic E-state index is 0.605. The van der Waals surface area contributed by atoms with Gasteiger partial charge in [-0.3, -0.25) is 0 Å². The van der Waals surface area contributed by atoms with Crippen molar-refractivity contribution < 1.29 is 0 Å². The summed E-state index contributed by atoms with van der Waals surface area (Å²) in [5.41, 5.74) is 1.08. The lowest BCUT2D eigenvalue weighted by molar-refractivity contribution is 0.427. The van der Waals surface area contributed by atoms with Gasteiger partial charge in [0.1, 0.15) is 17.3 Å². The largest absolute Gasteiger partial charge is 0.369 e. The first kappa shape index (κ1) is 13.2. The van der Waals surface area contributed by atoms with Crippen LogP contribution in [0.2, 0.25) is 5.15 Å². The Morgan fingerprint density at radius 1 is 1.26 bits per heavy atom. The molecule has 2 aliphatic rings. The molecule has 0 bridgehead atoms. The van der Waals surface area contributed by atoms with Crippen LogP contribution >= 0.6 is 11.6 Å². The van der Waals surface area contributed by atoms with E-state index in [4.69, 9.17) is 11.6 Å². The van der Waals surface area contributed by atoms with Gasteiger partial charge >= 0.3 is 0 Å². The van der Waals surface area contributed by atoms with Crippen LogP contribution < -0.4 is 5.32 Å². The summed E-state index contributed by atoms with van der Waals surface area (Å²) < 4.78 is 0. The van der Waals surface area contributed by atoms with Crippen LogP contribution in [0.15, 0.2) is 6.33 Å². The Morgan fingerprint density at radius 3 is 2.53 bits per heavy atom. The third-order valence-electron chi connectivity index (χ3n) is 4.35. The number of nitrogens with zero attached hydrogens (tertiary/aromatic N) is 2. The Balaban J connectivity index is 1.66. The summed E-state index contributed by atoms with van der Waals surface area (Å²) in [5, 5.41) is 4.15. The molecule has 1 N–H and O–H groups in total. The topological polar surface area (TPSA) is 37.8 Å². The van der Waals surface area contributed by atoms with E-state index >= 15 is 0 Å². The first-order chi connectivity index (χ1) is 9.29. The van der Waals surface area contributed by atoms with Crippen LogP contribution in [0.25, 0.3) is 0 Å². The highest BCUT2D eigenvalue weighted by atomic mass is 35.5. The van der Waals surface area contributed by atoms with Crippen molar-refractivity contribution in [3.63, 3.8) is 0 Å². The van der Waals surface area contributed by atoms with Gasteiger partial charge in [0.2, 0.25) is 0 Å². The van der Waals surface area contributed by atoms with E-state index in [1.54, 1.807) is 6.33 Å². The Morgan fingerprint density at radius 2 is 1.95 bits per heavy atom. The van der Waals surface area contributed by atoms with Crippen molar-refractivity contribution in [2.75, 3.05) is 11.9 Å². The van der Waals surface area contributed by atoms with E-state index in [1.165, 1.54) is 25.7 Å². The molecule has 4 heteroatoms. The number of hydrogen-bond acceptors (Lipinski definition) is 3. The molecule has 0 spiro atoms. The average molecular weight is 280 g/mol. The molecule has 0 amide bonds. The number of halogens is 1. The zero-order valence-electron chi connectivity index (χ0n) is 11.5. The third kappa shape index (κ3) is 3.19. The van der Waals surface area contributed by atoms with Crippen LogP contribution in [0.4, 0.5) is 5.82 Å². The van der Waals surface area contributed by atoms with Crippen molar-refractivity contribution in [3.05, 3.63) is 17.0 Å². The van der Waals surface area contributed by atoms with E-state index in [2.05, 4.69) is 22.2 Å². The highest BCUT2D eigenvalue weighted by molar-refractivity contribution is 6.30. The Bertz CT molecular complexity index is 429. The molecule has 0 saturated heterocycles. The van der Waals surface area contributed by atoms with Gasteiger partial charge in [-0.2, -0.15) is 0 Å². The van der Waals surface area contributed by atoms with Crippen molar-refractivity contribution in [2.45, 2.75) is 45.4 Å². The molecule has 104 valence electrons. The zero-order valence-corrected chi connectivity index (χ0v) is 12.3. The molecule has 0 radical (unpaired) electrons. The van der Waals surface area contributed by atoms with Crippen LogP contribution in [0.5, 0.6) is 0 Å². The van der Waals surface area contributed by atoms with Crippen molar-refractivity contribution in [3.8, 4) is 0 Å². The van der Waals surface area contributed by atoms with Crippen molar-refractivity contribution >= 4 is 17.4 Å². The molecule has 0 aromatic carbocycles. The Kier molecular flexibility index (Phi) is 3.92. The smallest absolute Gasteiger partial charge is 0.137 e. The maximum absolute atomic E-state index is 6.18. The lowest BCUT2D eigenvalue weighted by Crippen LogP contribution is -2.19. The minimum absolute atomic E-state index is 0.605. The molecule has 3 rings (SSSR count). The maximum Gasteiger partial charge on any atom is 0.137 e. The van der Waals surface area contributed by atoms with Crippen LogP contribution in [0, 0.1) is 17.8 Å². The standard InChI is InChI=1S/C15H22ClN3/c1-2-3-12-14(16)18-9-19-15(12)17-8-13(10-4-5-10)11-6-7-11/h9-11,13H,2-8H2,1H3,(H,17,18,19).